The summed E-state index contributed by atoms with van der Waals surface area (Å²) in [6.45, 7) is 0. The van der Waals surface area contributed by atoms with Crippen LogP contribution in [-0.2, 0) is 0 Å². The zero-order valence-corrected chi connectivity index (χ0v) is 9.39. The summed E-state index contributed by atoms with van der Waals surface area (Å²) in [5, 5.41) is 4.34. The van der Waals surface area contributed by atoms with E-state index < -0.39 is 5.91 Å². The molecular weight excluding hydrogens is 242 g/mol. The van der Waals surface area contributed by atoms with E-state index in [9.17, 15) is 9.59 Å². The van der Waals surface area contributed by atoms with E-state index >= 15 is 0 Å². The molecule has 0 aliphatic rings. The maximum atomic E-state index is 10.9. The standard InChI is InChI=1S/C11H8ClN3O2/c12-9-3-7(6-16)1-2-10(9)15-5-8(4-14-15)11(13)17/h1-6H,(H2,13,17). The molecule has 1 heterocycles. The first kappa shape index (κ1) is 11.3. The van der Waals surface area contributed by atoms with Crippen LogP contribution in [0.25, 0.3) is 5.69 Å². The van der Waals surface area contributed by atoms with E-state index in [1.165, 1.54) is 23.1 Å². The lowest BCUT2D eigenvalue weighted by Crippen LogP contribution is -2.09. The molecule has 0 fully saturated rings. The number of carbonyl (C=O) groups excluding carboxylic acids is 2. The van der Waals surface area contributed by atoms with Crippen LogP contribution < -0.4 is 5.73 Å². The molecule has 6 heteroatoms. The smallest absolute Gasteiger partial charge is 0.251 e. The minimum atomic E-state index is -0.558. The van der Waals surface area contributed by atoms with Crippen LogP contribution in [0.3, 0.4) is 0 Å². The Morgan fingerprint density at radius 2 is 2.24 bits per heavy atom. The number of aromatic nitrogens is 2. The summed E-state index contributed by atoms with van der Waals surface area (Å²) < 4.78 is 1.43. The van der Waals surface area contributed by atoms with E-state index in [1.807, 2.05) is 0 Å². The van der Waals surface area contributed by atoms with Crippen molar-refractivity contribution >= 4 is 23.8 Å². The van der Waals surface area contributed by atoms with Crippen molar-refractivity contribution in [2.45, 2.75) is 0 Å². The fraction of sp³-hybridized carbons (Fsp3) is 0. The lowest BCUT2D eigenvalue weighted by molar-refractivity contribution is 0.1000. The van der Waals surface area contributed by atoms with Crippen LogP contribution in [0.15, 0.2) is 30.6 Å². The van der Waals surface area contributed by atoms with Crippen LogP contribution in [0.5, 0.6) is 0 Å². The lowest BCUT2D eigenvalue weighted by Gasteiger charge is -2.04. The van der Waals surface area contributed by atoms with E-state index in [4.69, 9.17) is 17.3 Å². The van der Waals surface area contributed by atoms with Gasteiger partial charge in [-0.3, -0.25) is 9.59 Å². The first-order valence-corrected chi connectivity index (χ1v) is 5.09. The summed E-state index contributed by atoms with van der Waals surface area (Å²) >= 11 is 6.00. The molecule has 2 aromatic rings. The molecule has 0 spiro atoms. The van der Waals surface area contributed by atoms with E-state index in [1.54, 1.807) is 12.1 Å². The number of primary amides is 1. The summed E-state index contributed by atoms with van der Waals surface area (Å²) in [6, 6.07) is 4.78. The Balaban J connectivity index is 2.45. The number of hydrogen-bond donors (Lipinski definition) is 1. The second kappa shape index (κ2) is 4.39. The summed E-state index contributed by atoms with van der Waals surface area (Å²) in [5.41, 5.74) is 6.46. The molecule has 0 unspecified atom stereocenters. The predicted octanol–water partition coefficient (Wildman–Crippen LogP) is 1.44. The molecule has 0 bridgehead atoms. The molecule has 0 saturated heterocycles. The van der Waals surface area contributed by atoms with E-state index in [2.05, 4.69) is 5.10 Å². The number of nitrogens with two attached hydrogens (primary N) is 1. The van der Waals surface area contributed by atoms with Gasteiger partial charge < -0.3 is 5.73 Å². The van der Waals surface area contributed by atoms with Gasteiger partial charge in [-0.1, -0.05) is 11.6 Å². The highest BCUT2D eigenvalue weighted by Crippen LogP contribution is 2.21. The first-order chi connectivity index (χ1) is 8.11. The van der Waals surface area contributed by atoms with Gasteiger partial charge in [0.25, 0.3) is 5.91 Å². The van der Waals surface area contributed by atoms with Gasteiger partial charge in [0.1, 0.15) is 6.29 Å². The van der Waals surface area contributed by atoms with Crippen molar-refractivity contribution in [2.24, 2.45) is 5.73 Å². The van der Waals surface area contributed by atoms with Crippen molar-refractivity contribution in [2.75, 3.05) is 0 Å². The number of amides is 1. The molecule has 1 aromatic heterocycles. The summed E-state index contributed by atoms with van der Waals surface area (Å²) in [7, 11) is 0. The van der Waals surface area contributed by atoms with Gasteiger partial charge in [0, 0.05) is 11.8 Å². The highest BCUT2D eigenvalue weighted by atomic mass is 35.5. The van der Waals surface area contributed by atoms with Crippen LogP contribution in [-0.4, -0.2) is 22.0 Å². The fourth-order valence-electron chi connectivity index (χ4n) is 1.36. The van der Waals surface area contributed by atoms with Gasteiger partial charge >= 0.3 is 0 Å². The van der Waals surface area contributed by atoms with Crippen LogP contribution in [0.2, 0.25) is 5.02 Å². The molecule has 2 N–H and O–H groups in total. The lowest BCUT2D eigenvalue weighted by atomic mass is 10.2. The Bertz CT molecular complexity index is 592. The van der Waals surface area contributed by atoms with E-state index in [0.29, 0.717) is 28.1 Å². The normalized spacial score (nSPS) is 10.2. The molecule has 0 aliphatic heterocycles. The molecule has 0 atom stereocenters. The van der Waals surface area contributed by atoms with Gasteiger partial charge in [0.15, 0.2) is 0 Å². The van der Waals surface area contributed by atoms with Crippen molar-refractivity contribution in [1.82, 2.24) is 9.78 Å². The molecule has 1 amide bonds. The van der Waals surface area contributed by atoms with Gasteiger partial charge in [0.2, 0.25) is 0 Å². The molecule has 1 aromatic carbocycles. The third-order valence-electron chi connectivity index (χ3n) is 2.22. The Hall–Kier alpha value is -2.14. The highest BCUT2D eigenvalue weighted by Gasteiger charge is 2.08. The molecule has 5 nitrogen and oxygen atoms in total. The van der Waals surface area contributed by atoms with Crippen LogP contribution >= 0.6 is 11.6 Å². The second-order valence-corrected chi connectivity index (χ2v) is 3.77. The number of aldehydes is 1. The third-order valence-corrected chi connectivity index (χ3v) is 2.52. The van der Waals surface area contributed by atoms with Gasteiger partial charge in [-0.15, -0.1) is 0 Å². The minimum Gasteiger partial charge on any atom is -0.366 e. The minimum absolute atomic E-state index is 0.292. The molecule has 2 rings (SSSR count). The Kier molecular flexibility index (Phi) is 2.93. The zero-order valence-electron chi connectivity index (χ0n) is 8.63. The van der Waals surface area contributed by atoms with Crippen LogP contribution in [0, 0.1) is 0 Å². The Labute approximate surface area is 102 Å². The molecular formula is C11H8ClN3O2. The number of benzene rings is 1. The quantitative estimate of drug-likeness (QED) is 0.836. The molecule has 0 radical (unpaired) electrons. The van der Waals surface area contributed by atoms with Crippen molar-refractivity contribution in [3.05, 3.63) is 46.7 Å². The first-order valence-electron chi connectivity index (χ1n) is 4.71. The molecule has 86 valence electrons. The highest BCUT2D eigenvalue weighted by molar-refractivity contribution is 6.32. The number of hydrogen-bond acceptors (Lipinski definition) is 3. The molecule has 0 saturated carbocycles. The predicted molar refractivity (Wildman–Crippen MR) is 62.5 cm³/mol. The third kappa shape index (κ3) is 2.19. The van der Waals surface area contributed by atoms with Gasteiger partial charge in [-0.25, -0.2) is 4.68 Å². The van der Waals surface area contributed by atoms with E-state index in [0.717, 1.165) is 0 Å². The fourth-order valence-corrected chi connectivity index (χ4v) is 1.64. The number of nitrogens with zero attached hydrogens (tertiary/aromatic N) is 2. The largest absolute Gasteiger partial charge is 0.366 e. The van der Waals surface area contributed by atoms with Gasteiger partial charge in [-0.05, 0) is 18.2 Å². The van der Waals surface area contributed by atoms with Crippen molar-refractivity contribution in [3.8, 4) is 5.69 Å². The molecule has 17 heavy (non-hydrogen) atoms. The monoisotopic (exact) mass is 249 g/mol. The Morgan fingerprint density at radius 1 is 1.47 bits per heavy atom. The second-order valence-electron chi connectivity index (χ2n) is 3.37. The maximum Gasteiger partial charge on any atom is 0.251 e. The zero-order chi connectivity index (χ0) is 12.4. The SMILES string of the molecule is NC(=O)c1cnn(-c2ccc(C=O)cc2Cl)c1. The average molecular weight is 250 g/mol. The van der Waals surface area contributed by atoms with Crippen LogP contribution in [0.4, 0.5) is 0 Å². The van der Waals surface area contributed by atoms with Crippen molar-refractivity contribution in [3.63, 3.8) is 0 Å². The van der Waals surface area contributed by atoms with Crippen molar-refractivity contribution in [1.29, 1.82) is 0 Å². The summed E-state index contributed by atoms with van der Waals surface area (Å²) in [4.78, 5) is 21.5. The van der Waals surface area contributed by atoms with Gasteiger partial charge in [0.05, 0.1) is 22.5 Å². The van der Waals surface area contributed by atoms with Gasteiger partial charge in [-0.2, -0.15) is 5.10 Å². The van der Waals surface area contributed by atoms with Crippen molar-refractivity contribution < 1.29 is 9.59 Å². The number of carbonyl (C=O) groups is 2. The number of rotatable bonds is 3. The van der Waals surface area contributed by atoms with E-state index in [-0.39, 0.29) is 0 Å². The Morgan fingerprint density at radius 3 is 2.76 bits per heavy atom. The number of halogens is 1. The average Bonchev–Trinajstić information content (AvgIpc) is 2.78. The van der Waals surface area contributed by atoms with Crippen LogP contribution in [0.1, 0.15) is 20.7 Å². The summed E-state index contributed by atoms with van der Waals surface area (Å²) in [6.07, 6.45) is 3.53. The topological polar surface area (TPSA) is 78.0 Å². The summed E-state index contributed by atoms with van der Waals surface area (Å²) in [5.74, 6) is -0.558. The molecule has 0 aliphatic carbocycles. The maximum absolute atomic E-state index is 10.9.